The Morgan fingerprint density at radius 2 is 2.21 bits per heavy atom. The van der Waals surface area contributed by atoms with Crippen LogP contribution in [-0.2, 0) is 4.74 Å². The molecule has 14 heavy (non-hydrogen) atoms. The standard InChI is InChI=1S/C11H21NO2/c1-9-7-12(5-4-11(9)13)10-3-2-6-14-8-10/h9-11,13H,2-8H2,1H3. The summed E-state index contributed by atoms with van der Waals surface area (Å²) in [7, 11) is 0. The van der Waals surface area contributed by atoms with Crippen molar-refractivity contribution in [2.24, 2.45) is 5.92 Å². The normalized spacial score (nSPS) is 41.1. The molecule has 0 aliphatic carbocycles. The summed E-state index contributed by atoms with van der Waals surface area (Å²) >= 11 is 0. The molecule has 3 unspecified atom stereocenters. The largest absolute Gasteiger partial charge is 0.393 e. The SMILES string of the molecule is CC1CN(C2CCCOC2)CCC1O. The van der Waals surface area contributed by atoms with Crippen molar-refractivity contribution < 1.29 is 9.84 Å². The highest BCUT2D eigenvalue weighted by molar-refractivity contribution is 4.83. The molecule has 2 rings (SSSR count). The van der Waals surface area contributed by atoms with Crippen molar-refractivity contribution in [3.63, 3.8) is 0 Å². The van der Waals surface area contributed by atoms with Crippen molar-refractivity contribution in [2.45, 2.75) is 38.3 Å². The summed E-state index contributed by atoms with van der Waals surface area (Å²) in [6.45, 7) is 6.04. The maximum atomic E-state index is 9.64. The van der Waals surface area contributed by atoms with Gasteiger partial charge in [0.15, 0.2) is 0 Å². The summed E-state index contributed by atoms with van der Waals surface area (Å²) in [5, 5.41) is 9.64. The van der Waals surface area contributed by atoms with Crippen LogP contribution in [0.5, 0.6) is 0 Å². The van der Waals surface area contributed by atoms with Crippen molar-refractivity contribution in [2.75, 3.05) is 26.3 Å². The molecule has 0 bridgehead atoms. The van der Waals surface area contributed by atoms with Crippen LogP contribution in [-0.4, -0.2) is 48.5 Å². The van der Waals surface area contributed by atoms with E-state index in [4.69, 9.17) is 4.74 Å². The van der Waals surface area contributed by atoms with Crippen LogP contribution in [0.2, 0.25) is 0 Å². The van der Waals surface area contributed by atoms with E-state index in [1.165, 1.54) is 12.8 Å². The molecule has 0 radical (unpaired) electrons. The number of rotatable bonds is 1. The van der Waals surface area contributed by atoms with Crippen LogP contribution in [0.1, 0.15) is 26.2 Å². The molecule has 3 atom stereocenters. The van der Waals surface area contributed by atoms with Gasteiger partial charge in [0.1, 0.15) is 0 Å². The lowest BCUT2D eigenvalue weighted by Gasteiger charge is -2.40. The van der Waals surface area contributed by atoms with Crippen molar-refractivity contribution in [1.29, 1.82) is 0 Å². The van der Waals surface area contributed by atoms with Gasteiger partial charge in [0.2, 0.25) is 0 Å². The first-order valence-electron chi connectivity index (χ1n) is 5.77. The Morgan fingerprint density at radius 1 is 1.36 bits per heavy atom. The molecular formula is C11H21NO2. The van der Waals surface area contributed by atoms with Gasteiger partial charge in [0.05, 0.1) is 12.7 Å². The van der Waals surface area contributed by atoms with Crippen LogP contribution >= 0.6 is 0 Å². The molecule has 2 heterocycles. The maximum Gasteiger partial charge on any atom is 0.0621 e. The van der Waals surface area contributed by atoms with Gasteiger partial charge < -0.3 is 9.84 Å². The predicted octanol–water partition coefficient (Wildman–Crippen LogP) is 0.868. The third-order valence-electron chi connectivity index (χ3n) is 3.54. The predicted molar refractivity (Wildman–Crippen MR) is 55.2 cm³/mol. The minimum Gasteiger partial charge on any atom is -0.393 e. The minimum atomic E-state index is -0.0873. The second-order valence-corrected chi connectivity index (χ2v) is 4.70. The Balaban J connectivity index is 1.85. The number of aliphatic hydroxyl groups is 1. The molecular weight excluding hydrogens is 178 g/mol. The van der Waals surface area contributed by atoms with E-state index in [2.05, 4.69) is 11.8 Å². The zero-order valence-corrected chi connectivity index (χ0v) is 8.98. The summed E-state index contributed by atoms with van der Waals surface area (Å²) in [6.07, 6.45) is 3.30. The van der Waals surface area contributed by atoms with Crippen molar-refractivity contribution >= 4 is 0 Å². The van der Waals surface area contributed by atoms with Gasteiger partial charge >= 0.3 is 0 Å². The fourth-order valence-corrected chi connectivity index (χ4v) is 2.51. The summed E-state index contributed by atoms with van der Waals surface area (Å²) < 4.78 is 5.49. The highest BCUT2D eigenvalue weighted by Crippen LogP contribution is 2.22. The second kappa shape index (κ2) is 4.60. The van der Waals surface area contributed by atoms with Gasteiger partial charge in [-0.3, -0.25) is 4.90 Å². The molecule has 2 aliphatic rings. The minimum absolute atomic E-state index is 0.0873. The van der Waals surface area contributed by atoms with E-state index in [-0.39, 0.29) is 6.10 Å². The molecule has 0 amide bonds. The monoisotopic (exact) mass is 199 g/mol. The summed E-state index contributed by atoms with van der Waals surface area (Å²) in [6, 6.07) is 0.610. The van der Waals surface area contributed by atoms with Crippen LogP contribution in [0.15, 0.2) is 0 Å². The Kier molecular flexibility index (Phi) is 3.42. The number of ether oxygens (including phenoxy) is 1. The highest BCUT2D eigenvalue weighted by atomic mass is 16.5. The van der Waals surface area contributed by atoms with Gasteiger partial charge in [-0.15, -0.1) is 0 Å². The van der Waals surface area contributed by atoms with Crippen LogP contribution < -0.4 is 0 Å². The van der Waals surface area contributed by atoms with Gasteiger partial charge in [0, 0.05) is 25.7 Å². The maximum absolute atomic E-state index is 9.64. The molecule has 0 spiro atoms. The molecule has 0 aromatic carbocycles. The first-order valence-corrected chi connectivity index (χ1v) is 5.77. The van der Waals surface area contributed by atoms with Crippen LogP contribution in [0.4, 0.5) is 0 Å². The molecule has 0 aromatic rings. The highest BCUT2D eigenvalue weighted by Gasteiger charge is 2.29. The lowest BCUT2D eigenvalue weighted by Crippen LogP contribution is -2.49. The van der Waals surface area contributed by atoms with E-state index in [1.807, 2.05) is 0 Å². The second-order valence-electron chi connectivity index (χ2n) is 4.70. The third-order valence-corrected chi connectivity index (χ3v) is 3.54. The van der Waals surface area contributed by atoms with Gasteiger partial charge in [-0.25, -0.2) is 0 Å². The van der Waals surface area contributed by atoms with E-state index >= 15 is 0 Å². The Labute approximate surface area is 86.0 Å². The van der Waals surface area contributed by atoms with E-state index in [9.17, 15) is 5.11 Å². The van der Waals surface area contributed by atoms with E-state index < -0.39 is 0 Å². The van der Waals surface area contributed by atoms with E-state index in [0.29, 0.717) is 12.0 Å². The van der Waals surface area contributed by atoms with Crippen molar-refractivity contribution in [3.05, 3.63) is 0 Å². The molecule has 3 heteroatoms. The lowest BCUT2D eigenvalue weighted by molar-refractivity contribution is -0.0287. The Morgan fingerprint density at radius 3 is 2.86 bits per heavy atom. The molecule has 2 aliphatic heterocycles. The quantitative estimate of drug-likeness (QED) is 0.680. The fourth-order valence-electron chi connectivity index (χ4n) is 2.51. The number of hydrogen-bond acceptors (Lipinski definition) is 3. The topological polar surface area (TPSA) is 32.7 Å². The van der Waals surface area contributed by atoms with Crippen LogP contribution in [0, 0.1) is 5.92 Å². The zero-order chi connectivity index (χ0) is 9.97. The summed E-state index contributed by atoms with van der Waals surface area (Å²) in [4.78, 5) is 2.50. The first kappa shape index (κ1) is 10.4. The third kappa shape index (κ3) is 2.27. The van der Waals surface area contributed by atoms with E-state index in [1.54, 1.807) is 0 Å². The van der Waals surface area contributed by atoms with Crippen LogP contribution in [0.3, 0.4) is 0 Å². The average Bonchev–Trinajstić information content (AvgIpc) is 2.23. The average molecular weight is 199 g/mol. The number of piperidine rings is 1. The van der Waals surface area contributed by atoms with Gasteiger partial charge in [-0.1, -0.05) is 6.92 Å². The van der Waals surface area contributed by atoms with Crippen molar-refractivity contribution in [1.82, 2.24) is 4.90 Å². The summed E-state index contributed by atoms with van der Waals surface area (Å²) in [5.74, 6) is 0.422. The van der Waals surface area contributed by atoms with Crippen LogP contribution in [0.25, 0.3) is 0 Å². The Bertz CT molecular complexity index is 180. The molecule has 0 saturated carbocycles. The van der Waals surface area contributed by atoms with Gasteiger partial charge in [0.25, 0.3) is 0 Å². The number of nitrogens with zero attached hydrogens (tertiary/aromatic N) is 1. The van der Waals surface area contributed by atoms with Gasteiger partial charge in [-0.05, 0) is 25.2 Å². The molecule has 3 nitrogen and oxygen atoms in total. The van der Waals surface area contributed by atoms with Gasteiger partial charge in [-0.2, -0.15) is 0 Å². The molecule has 2 fully saturated rings. The molecule has 82 valence electrons. The zero-order valence-electron chi connectivity index (χ0n) is 8.98. The molecule has 0 aromatic heterocycles. The first-order chi connectivity index (χ1) is 6.77. The lowest BCUT2D eigenvalue weighted by atomic mass is 9.94. The smallest absolute Gasteiger partial charge is 0.0621 e. The fraction of sp³-hybridized carbons (Fsp3) is 1.00. The molecule has 2 saturated heterocycles. The Hall–Kier alpha value is -0.120. The number of hydrogen-bond donors (Lipinski definition) is 1. The number of aliphatic hydroxyl groups excluding tert-OH is 1. The summed E-state index contributed by atoms with van der Waals surface area (Å²) in [5.41, 5.74) is 0. The molecule has 1 N–H and O–H groups in total. The number of likely N-dealkylation sites (tertiary alicyclic amines) is 1. The van der Waals surface area contributed by atoms with Crippen molar-refractivity contribution in [3.8, 4) is 0 Å². The van der Waals surface area contributed by atoms with E-state index in [0.717, 1.165) is 32.7 Å².